The van der Waals surface area contributed by atoms with Gasteiger partial charge in [0, 0.05) is 63.7 Å². The summed E-state index contributed by atoms with van der Waals surface area (Å²) in [5.41, 5.74) is 0.0938. The second-order valence-corrected chi connectivity index (χ2v) is 13.4. The molecule has 1 aromatic heterocycles. The first kappa shape index (κ1) is 34.3. The minimum Gasteiger partial charge on any atom is -0.444 e. The zero-order chi connectivity index (χ0) is 32.1. The van der Waals surface area contributed by atoms with Crippen LogP contribution in [0.15, 0.2) is 42.6 Å². The SMILES string of the molecule is CC.CC(C)(C)OC(=O)N1CCN(C2CCC(O)(c3ccccn3)CC2)CC1C(=O)N1CCN(c2ccc(Cl)c(Cl)c2)CC1. The number of anilines is 1. The quantitative estimate of drug-likeness (QED) is 0.448. The maximum atomic E-state index is 14.0. The maximum absolute atomic E-state index is 14.0. The summed E-state index contributed by atoms with van der Waals surface area (Å²) in [6, 6.07) is 10.8. The smallest absolute Gasteiger partial charge is 0.411 e. The first-order valence-corrected chi connectivity index (χ1v) is 16.6. The lowest BCUT2D eigenvalue weighted by Gasteiger charge is -2.48. The topological polar surface area (TPSA) is 89.4 Å². The fourth-order valence-corrected chi connectivity index (χ4v) is 6.60. The molecule has 1 unspecified atom stereocenters. The summed E-state index contributed by atoms with van der Waals surface area (Å²) in [4.78, 5) is 39.7. The number of carbonyl (C=O) groups excluding carboxylic acids is 2. The van der Waals surface area contributed by atoms with Crippen molar-refractivity contribution in [3.8, 4) is 0 Å². The third kappa shape index (κ3) is 8.16. The van der Waals surface area contributed by atoms with Crippen LogP contribution < -0.4 is 4.90 Å². The highest BCUT2D eigenvalue weighted by molar-refractivity contribution is 6.42. The van der Waals surface area contributed by atoms with Crippen LogP contribution in [-0.2, 0) is 15.1 Å². The summed E-state index contributed by atoms with van der Waals surface area (Å²) in [7, 11) is 0. The van der Waals surface area contributed by atoms with Crippen molar-refractivity contribution >= 4 is 40.9 Å². The van der Waals surface area contributed by atoms with Crippen LogP contribution in [0.3, 0.4) is 0 Å². The molecule has 0 bridgehead atoms. The number of benzene rings is 1. The molecule has 2 saturated heterocycles. The predicted octanol–water partition coefficient (Wildman–Crippen LogP) is 5.81. The number of hydrogen-bond acceptors (Lipinski definition) is 7. The van der Waals surface area contributed by atoms with E-state index in [1.165, 1.54) is 0 Å². The van der Waals surface area contributed by atoms with Gasteiger partial charge in [-0.05, 0) is 76.8 Å². The van der Waals surface area contributed by atoms with Crippen molar-refractivity contribution in [2.24, 2.45) is 0 Å². The average molecular weight is 649 g/mol. The van der Waals surface area contributed by atoms with Gasteiger partial charge in [-0.25, -0.2) is 4.79 Å². The molecule has 3 fully saturated rings. The minimum absolute atomic E-state index is 0.0554. The largest absolute Gasteiger partial charge is 0.444 e. The molecule has 1 aliphatic carbocycles. The molecule has 1 aromatic carbocycles. The number of pyridine rings is 1. The van der Waals surface area contributed by atoms with Gasteiger partial charge in [0.1, 0.15) is 17.2 Å². The minimum atomic E-state index is -0.931. The third-order valence-electron chi connectivity index (χ3n) is 8.62. The van der Waals surface area contributed by atoms with Gasteiger partial charge in [0.2, 0.25) is 5.91 Å². The molecule has 0 spiro atoms. The van der Waals surface area contributed by atoms with Gasteiger partial charge in [-0.1, -0.05) is 43.1 Å². The lowest BCUT2D eigenvalue weighted by molar-refractivity contribution is -0.140. The van der Waals surface area contributed by atoms with Crippen molar-refractivity contribution in [2.45, 2.75) is 83.6 Å². The van der Waals surface area contributed by atoms with Crippen LogP contribution in [0.1, 0.15) is 66.0 Å². The number of halogens is 2. The molecule has 2 amide bonds. The summed E-state index contributed by atoms with van der Waals surface area (Å²) >= 11 is 12.3. The molecule has 1 saturated carbocycles. The molecule has 9 nitrogen and oxygen atoms in total. The van der Waals surface area contributed by atoms with Gasteiger partial charge < -0.3 is 19.6 Å². The van der Waals surface area contributed by atoms with Crippen LogP contribution in [0.2, 0.25) is 10.0 Å². The number of amides is 2. The van der Waals surface area contributed by atoms with Gasteiger partial charge in [0.15, 0.2) is 0 Å². The monoisotopic (exact) mass is 647 g/mol. The standard InChI is InChI=1S/C31H41Cl2N5O4.C2H6/c1-30(2,3)42-29(40)38-19-18-37(22-9-11-31(41,12-10-22)27-6-4-5-13-34-27)21-26(38)28(39)36-16-14-35(15-17-36)23-7-8-24(32)25(33)20-23;1-2/h4-8,13,20,22,26,41H,9-12,14-19,21H2,1-3H3;1-2H3. The summed E-state index contributed by atoms with van der Waals surface area (Å²) < 4.78 is 5.72. The highest BCUT2D eigenvalue weighted by Gasteiger charge is 2.44. The Morgan fingerprint density at radius 1 is 0.955 bits per heavy atom. The lowest BCUT2D eigenvalue weighted by atomic mass is 9.79. The number of hydrogen-bond donors (Lipinski definition) is 1. The van der Waals surface area contributed by atoms with E-state index in [4.69, 9.17) is 27.9 Å². The predicted molar refractivity (Wildman–Crippen MR) is 175 cm³/mol. The molecular formula is C33H47Cl2N5O4. The number of ether oxygens (including phenoxy) is 1. The Bertz CT molecular complexity index is 1260. The molecule has 5 rings (SSSR count). The van der Waals surface area contributed by atoms with Crippen molar-refractivity contribution in [3.63, 3.8) is 0 Å². The highest BCUT2D eigenvalue weighted by Crippen LogP contribution is 2.38. The van der Waals surface area contributed by atoms with Crippen molar-refractivity contribution in [1.29, 1.82) is 0 Å². The number of carbonyl (C=O) groups is 2. The number of aliphatic hydroxyl groups is 1. The Hall–Kier alpha value is -2.59. The van der Waals surface area contributed by atoms with Crippen molar-refractivity contribution < 1.29 is 19.4 Å². The Kier molecular flexibility index (Phi) is 11.4. The van der Waals surface area contributed by atoms with E-state index in [1.807, 2.05) is 69.9 Å². The van der Waals surface area contributed by atoms with Gasteiger partial charge in [-0.15, -0.1) is 0 Å². The Balaban J connectivity index is 0.00000216. The van der Waals surface area contributed by atoms with Gasteiger partial charge >= 0.3 is 6.09 Å². The molecule has 3 heterocycles. The Labute approximate surface area is 272 Å². The van der Waals surface area contributed by atoms with E-state index in [0.29, 0.717) is 74.4 Å². The number of nitrogens with zero attached hydrogens (tertiary/aromatic N) is 5. The molecule has 3 aliphatic rings. The fourth-order valence-electron chi connectivity index (χ4n) is 6.30. The highest BCUT2D eigenvalue weighted by atomic mass is 35.5. The van der Waals surface area contributed by atoms with Gasteiger partial charge in [-0.2, -0.15) is 0 Å². The molecule has 0 radical (unpaired) electrons. The molecule has 242 valence electrons. The van der Waals surface area contributed by atoms with E-state index in [1.54, 1.807) is 17.2 Å². The van der Waals surface area contributed by atoms with Crippen LogP contribution >= 0.6 is 23.2 Å². The van der Waals surface area contributed by atoms with Crippen LogP contribution in [0.5, 0.6) is 0 Å². The normalized spacial score (nSPS) is 24.8. The average Bonchev–Trinajstić information content (AvgIpc) is 3.03. The van der Waals surface area contributed by atoms with E-state index >= 15 is 0 Å². The molecule has 11 heteroatoms. The second-order valence-electron chi connectivity index (χ2n) is 12.6. The summed E-state index contributed by atoms with van der Waals surface area (Å²) in [5.74, 6) is -0.0554. The van der Waals surface area contributed by atoms with Gasteiger partial charge in [0.25, 0.3) is 0 Å². The van der Waals surface area contributed by atoms with E-state index < -0.39 is 23.3 Å². The van der Waals surface area contributed by atoms with E-state index in [2.05, 4.69) is 14.8 Å². The van der Waals surface area contributed by atoms with Crippen molar-refractivity contribution in [1.82, 2.24) is 19.7 Å². The molecule has 1 N–H and O–H groups in total. The van der Waals surface area contributed by atoms with Gasteiger partial charge in [-0.3, -0.25) is 19.6 Å². The number of piperazine rings is 2. The van der Waals surface area contributed by atoms with E-state index in [9.17, 15) is 14.7 Å². The van der Waals surface area contributed by atoms with Crippen LogP contribution in [0.4, 0.5) is 10.5 Å². The third-order valence-corrected chi connectivity index (χ3v) is 9.36. The first-order chi connectivity index (χ1) is 20.9. The second kappa shape index (κ2) is 14.7. The van der Waals surface area contributed by atoms with Crippen molar-refractivity contribution in [3.05, 3.63) is 58.3 Å². The number of rotatable bonds is 4. The Morgan fingerprint density at radius 2 is 1.64 bits per heavy atom. The number of aromatic nitrogens is 1. The summed E-state index contributed by atoms with van der Waals surface area (Å²) in [5, 5.41) is 12.3. The fraction of sp³-hybridized carbons (Fsp3) is 0.606. The van der Waals surface area contributed by atoms with Crippen LogP contribution in [-0.4, -0.2) is 100 Å². The molecule has 1 atom stereocenters. The van der Waals surface area contributed by atoms with E-state index in [0.717, 1.165) is 18.5 Å². The molecule has 44 heavy (non-hydrogen) atoms. The van der Waals surface area contributed by atoms with Crippen LogP contribution in [0.25, 0.3) is 0 Å². The zero-order valence-corrected chi connectivity index (χ0v) is 28.2. The lowest BCUT2D eigenvalue weighted by Crippen LogP contribution is -2.64. The van der Waals surface area contributed by atoms with Crippen LogP contribution in [0, 0.1) is 0 Å². The summed E-state index contributed by atoms with van der Waals surface area (Å²) in [6.45, 7) is 13.4. The van der Waals surface area contributed by atoms with E-state index in [-0.39, 0.29) is 11.9 Å². The summed E-state index contributed by atoms with van der Waals surface area (Å²) in [6.07, 6.45) is 4.07. The molecule has 2 aliphatic heterocycles. The van der Waals surface area contributed by atoms with Crippen molar-refractivity contribution in [2.75, 3.05) is 50.7 Å². The maximum Gasteiger partial charge on any atom is 0.411 e. The molecular weight excluding hydrogens is 601 g/mol. The Morgan fingerprint density at radius 3 is 2.23 bits per heavy atom. The molecule has 2 aromatic rings. The van der Waals surface area contributed by atoms with Gasteiger partial charge in [0.05, 0.1) is 15.7 Å². The first-order valence-electron chi connectivity index (χ1n) is 15.8. The zero-order valence-electron chi connectivity index (χ0n) is 26.6.